The summed E-state index contributed by atoms with van der Waals surface area (Å²) in [6.07, 6.45) is -2.76. The molecule has 0 spiro atoms. The van der Waals surface area contributed by atoms with Gasteiger partial charge in [-0.15, -0.1) is 0 Å². The van der Waals surface area contributed by atoms with E-state index in [2.05, 4.69) is 21.2 Å². The van der Waals surface area contributed by atoms with Gasteiger partial charge in [-0.25, -0.2) is 0 Å². The predicted octanol–water partition coefficient (Wildman–Crippen LogP) is 3.65. The molecule has 0 heterocycles. The fourth-order valence-electron chi connectivity index (χ4n) is 1.21. The lowest BCUT2D eigenvalue weighted by Gasteiger charge is -2.14. The van der Waals surface area contributed by atoms with Crippen molar-refractivity contribution >= 4 is 32.4 Å². The first-order chi connectivity index (χ1) is 8.21. The number of halogens is 4. The van der Waals surface area contributed by atoms with Crippen LogP contribution in [0.1, 0.15) is 12.5 Å². The third kappa shape index (κ3) is 4.28. The molecule has 0 radical (unpaired) electrons. The lowest BCUT2D eigenvalue weighted by Crippen LogP contribution is -2.20. The number of alkyl halides is 3. The van der Waals surface area contributed by atoms with Crippen LogP contribution in [0.15, 0.2) is 22.7 Å². The minimum Gasteiger partial charge on any atom is -0.383 e. The Morgan fingerprint density at radius 2 is 2.06 bits per heavy atom. The second-order valence-electron chi connectivity index (χ2n) is 3.88. The Bertz CT molecular complexity index is 450. The second-order valence-corrected chi connectivity index (χ2v) is 6.54. The highest BCUT2D eigenvalue weighted by Crippen LogP contribution is 2.33. The molecule has 0 aliphatic rings. The zero-order valence-electron chi connectivity index (χ0n) is 9.84. The molecule has 18 heavy (non-hydrogen) atoms. The molecule has 0 amide bonds. The molecule has 2 unspecified atom stereocenters. The molecule has 1 aromatic carbocycles. The normalized spacial score (nSPS) is 15.2. The molecule has 0 aliphatic heterocycles. The Labute approximate surface area is 115 Å². The van der Waals surface area contributed by atoms with Gasteiger partial charge in [0.05, 0.1) is 5.56 Å². The summed E-state index contributed by atoms with van der Waals surface area (Å²) in [5.41, 5.74) is -0.146. The minimum absolute atomic E-state index is 0.0702. The molecule has 0 aromatic heterocycles. The van der Waals surface area contributed by atoms with Gasteiger partial charge in [-0.2, -0.15) is 13.2 Å². The molecule has 102 valence electrons. The van der Waals surface area contributed by atoms with Gasteiger partial charge in [0.2, 0.25) is 0 Å². The maximum Gasteiger partial charge on any atom is 0.416 e. The Hall–Kier alpha value is -0.560. The third-order valence-corrected chi connectivity index (χ3v) is 4.40. The summed E-state index contributed by atoms with van der Waals surface area (Å²) >= 11 is 3.09. The van der Waals surface area contributed by atoms with E-state index in [1.54, 1.807) is 13.2 Å². The standard InChI is InChI=1S/C11H13BrF3NOS/c1-7(18(2)17)6-16-10-4-3-8(5-9(10)12)11(13,14)15/h3-5,7,16H,6H2,1-2H3. The fourth-order valence-corrected chi connectivity index (χ4v) is 2.04. The van der Waals surface area contributed by atoms with Crippen LogP contribution in [-0.4, -0.2) is 22.3 Å². The van der Waals surface area contributed by atoms with Crippen molar-refractivity contribution in [2.24, 2.45) is 0 Å². The molecule has 2 atom stereocenters. The second kappa shape index (κ2) is 6.06. The van der Waals surface area contributed by atoms with Crippen LogP contribution in [0.2, 0.25) is 0 Å². The van der Waals surface area contributed by atoms with Crippen LogP contribution in [-0.2, 0) is 17.0 Å². The molecular formula is C11H13BrF3NOS. The summed E-state index contributed by atoms with van der Waals surface area (Å²) in [5.74, 6) is 0. The van der Waals surface area contributed by atoms with E-state index in [9.17, 15) is 17.4 Å². The van der Waals surface area contributed by atoms with Gasteiger partial charge in [-0.3, -0.25) is 4.21 Å². The summed E-state index contributed by atoms with van der Waals surface area (Å²) in [6.45, 7) is 2.24. The van der Waals surface area contributed by atoms with E-state index in [4.69, 9.17) is 0 Å². The van der Waals surface area contributed by atoms with Gasteiger partial charge in [0.1, 0.15) is 0 Å². The van der Waals surface area contributed by atoms with Crippen molar-refractivity contribution in [3.8, 4) is 0 Å². The molecule has 2 nitrogen and oxygen atoms in total. The van der Waals surface area contributed by atoms with Crippen molar-refractivity contribution in [2.45, 2.75) is 18.3 Å². The highest BCUT2D eigenvalue weighted by molar-refractivity contribution is 9.10. The van der Waals surface area contributed by atoms with E-state index >= 15 is 0 Å². The molecule has 0 fully saturated rings. The van der Waals surface area contributed by atoms with E-state index < -0.39 is 22.5 Å². The molecule has 7 heteroatoms. The quantitative estimate of drug-likeness (QED) is 0.904. The van der Waals surface area contributed by atoms with E-state index in [0.29, 0.717) is 16.7 Å². The Morgan fingerprint density at radius 1 is 1.44 bits per heavy atom. The minimum atomic E-state index is -4.35. The van der Waals surface area contributed by atoms with Gasteiger partial charge in [-0.1, -0.05) is 0 Å². The number of anilines is 1. The largest absolute Gasteiger partial charge is 0.416 e. The van der Waals surface area contributed by atoms with Gasteiger partial charge in [-0.05, 0) is 41.1 Å². The van der Waals surface area contributed by atoms with Gasteiger partial charge in [0.25, 0.3) is 0 Å². The molecule has 1 N–H and O–H groups in total. The zero-order chi connectivity index (χ0) is 13.9. The average Bonchev–Trinajstić information content (AvgIpc) is 2.25. The Morgan fingerprint density at radius 3 is 2.50 bits per heavy atom. The van der Waals surface area contributed by atoms with Crippen molar-refractivity contribution < 1.29 is 17.4 Å². The van der Waals surface area contributed by atoms with Crippen LogP contribution in [0.4, 0.5) is 18.9 Å². The van der Waals surface area contributed by atoms with Crippen molar-refractivity contribution in [1.82, 2.24) is 0 Å². The van der Waals surface area contributed by atoms with Crippen molar-refractivity contribution in [1.29, 1.82) is 0 Å². The highest BCUT2D eigenvalue weighted by atomic mass is 79.9. The number of benzene rings is 1. The third-order valence-electron chi connectivity index (χ3n) is 2.44. The van der Waals surface area contributed by atoms with E-state index in [1.165, 1.54) is 6.07 Å². The van der Waals surface area contributed by atoms with Crippen molar-refractivity contribution in [2.75, 3.05) is 18.1 Å². The maximum atomic E-state index is 12.4. The number of hydrogen-bond donors (Lipinski definition) is 1. The molecular weight excluding hydrogens is 331 g/mol. The van der Waals surface area contributed by atoms with E-state index in [0.717, 1.165) is 12.1 Å². The van der Waals surface area contributed by atoms with Crippen LogP contribution in [0, 0.1) is 0 Å². The fraction of sp³-hybridized carbons (Fsp3) is 0.455. The number of rotatable bonds is 4. The van der Waals surface area contributed by atoms with Crippen LogP contribution in [0.5, 0.6) is 0 Å². The molecule has 0 bridgehead atoms. The van der Waals surface area contributed by atoms with Gasteiger partial charge < -0.3 is 5.32 Å². The lowest BCUT2D eigenvalue weighted by molar-refractivity contribution is -0.137. The Kier molecular flexibility index (Phi) is 5.21. The monoisotopic (exact) mass is 343 g/mol. The van der Waals surface area contributed by atoms with Gasteiger partial charge in [0.15, 0.2) is 0 Å². The van der Waals surface area contributed by atoms with Crippen LogP contribution in [0.3, 0.4) is 0 Å². The summed E-state index contributed by atoms with van der Waals surface area (Å²) in [4.78, 5) is 0. The topological polar surface area (TPSA) is 29.1 Å². The number of hydrogen-bond acceptors (Lipinski definition) is 2. The molecule has 1 aromatic rings. The first-order valence-electron chi connectivity index (χ1n) is 5.14. The van der Waals surface area contributed by atoms with Crippen LogP contribution in [0.25, 0.3) is 0 Å². The molecule has 0 saturated heterocycles. The van der Waals surface area contributed by atoms with Crippen molar-refractivity contribution in [3.05, 3.63) is 28.2 Å². The van der Waals surface area contributed by atoms with Gasteiger partial charge >= 0.3 is 6.18 Å². The molecule has 1 rings (SSSR count). The molecule has 0 saturated carbocycles. The smallest absolute Gasteiger partial charge is 0.383 e. The summed E-state index contributed by atoms with van der Waals surface area (Å²) in [5, 5.41) is 2.90. The van der Waals surface area contributed by atoms with Crippen LogP contribution >= 0.6 is 15.9 Å². The summed E-state index contributed by atoms with van der Waals surface area (Å²) in [6, 6.07) is 3.40. The zero-order valence-corrected chi connectivity index (χ0v) is 12.2. The van der Waals surface area contributed by atoms with E-state index in [-0.39, 0.29) is 5.25 Å². The van der Waals surface area contributed by atoms with Crippen LogP contribution < -0.4 is 5.32 Å². The summed E-state index contributed by atoms with van der Waals surface area (Å²) in [7, 11) is -0.967. The Balaban J connectivity index is 2.78. The number of nitrogens with one attached hydrogen (secondary N) is 1. The first-order valence-corrected chi connectivity index (χ1v) is 7.56. The highest BCUT2D eigenvalue weighted by Gasteiger charge is 2.30. The van der Waals surface area contributed by atoms with Crippen molar-refractivity contribution in [3.63, 3.8) is 0 Å². The first kappa shape index (κ1) is 15.5. The predicted molar refractivity (Wildman–Crippen MR) is 71.2 cm³/mol. The lowest BCUT2D eigenvalue weighted by atomic mass is 10.2. The summed E-state index contributed by atoms with van der Waals surface area (Å²) < 4.78 is 48.8. The average molecular weight is 344 g/mol. The SMILES string of the molecule is CC(CNc1ccc(C(F)(F)F)cc1Br)S(C)=O. The van der Waals surface area contributed by atoms with Gasteiger partial charge in [0, 0.05) is 39.0 Å². The van der Waals surface area contributed by atoms with E-state index in [1.807, 2.05) is 0 Å². The maximum absolute atomic E-state index is 12.4. The molecule has 0 aliphatic carbocycles.